The maximum atomic E-state index is 11.8. The normalized spacial score (nSPS) is 14.1. The van der Waals surface area contributed by atoms with E-state index in [9.17, 15) is 4.79 Å². The maximum Gasteiger partial charge on any atom is 0.335 e. The van der Waals surface area contributed by atoms with Crippen molar-refractivity contribution < 1.29 is 9.53 Å². The lowest BCUT2D eigenvalue weighted by molar-refractivity contribution is -0.136. The molecule has 0 unspecified atom stereocenters. The average Bonchev–Trinajstić information content (AvgIpc) is 2.54. The molecule has 0 aromatic heterocycles. The van der Waals surface area contributed by atoms with Crippen molar-refractivity contribution in [2.24, 2.45) is 0 Å². The third-order valence-electron chi connectivity index (χ3n) is 3.86. The molecule has 0 aliphatic carbocycles. The SMILES string of the molecule is COC(=O)C1=CN(c2cc(C)cc3ccc(C)cc23)C=CC1. The van der Waals surface area contributed by atoms with Crippen LogP contribution in [0.5, 0.6) is 0 Å². The Balaban J connectivity index is 2.15. The largest absolute Gasteiger partial charge is 0.466 e. The summed E-state index contributed by atoms with van der Waals surface area (Å²) >= 11 is 0. The van der Waals surface area contributed by atoms with E-state index in [2.05, 4.69) is 44.2 Å². The van der Waals surface area contributed by atoms with Crippen LogP contribution in [0.3, 0.4) is 0 Å². The van der Waals surface area contributed by atoms with Crippen LogP contribution in [-0.4, -0.2) is 13.1 Å². The lowest BCUT2D eigenvalue weighted by atomic mass is 10.0. The number of nitrogens with zero attached hydrogens (tertiary/aromatic N) is 1. The summed E-state index contributed by atoms with van der Waals surface area (Å²) in [5.74, 6) is -0.275. The fourth-order valence-corrected chi connectivity index (χ4v) is 2.79. The van der Waals surface area contributed by atoms with Crippen LogP contribution in [0.1, 0.15) is 17.5 Å². The highest BCUT2D eigenvalue weighted by molar-refractivity contribution is 5.97. The van der Waals surface area contributed by atoms with Crippen molar-refractivity contribution in [1.29, 1.82) is 0 Å². The van der Waals surface area contributed by atoms with E-state index in [0.717, 1.165) is 5.69 Å². The van der Waals surface area contributed by atoms with E-state index in [0.29, 0.717) is 12.0 Å². The van der Waals surface area contributed by atoms with Crippen LogP contribution in [0.4, 0.5) is 5.69 Å². The number of methoxy groups -OCH3 is 1. The van der Waals surface area contributed by atoms with Gasteiger partial charge in [0.25, 0.3) is 0 Å². The second-order valence-corrected chi connectivity index (χ2v) is 5.65. The molecule has 1 heterocycles. The molecule has 0 spiro atoms. The monoisotopic (exact) mass is 293 g/mol. The van der Waals surface area contributed by atoms with Gasteiger partial charge in [-0.15, -0.1) is 0 Å². The molecule has 0 saturated carbocycles. The summed E-state index contributed by atoms with van der Waals surface area (Å²) in [5, 5.41) is 2.38. The van der Waals surface area contributed by atoms with Crippen molar-refractivity contribution >= 4 is 22.4 Å². The summed E-state index contributed by atoms with van der Waals surface area (Å²) in [7, 11) is 1.41. The number of hydrogen-bond donors (Lipinski definition) is 0. The predicted molar refractivity (Wildman–Crippen MR) is 89.8 cm³/mol. The highest BCUT2D eigenvalue weighted by Crippen LogP contribution is 2.32. The lowest BCUT2D eigenvalue weighted by Gasteiger charge is -2.23. The molecular weight excluding hydrogens is 274 g/mol. The van der Waals surface area contributed by atoms with Crippen molar-refractivity contribution in [3.05, 3.63) is 65.5 Å². The molecule has 0 radical (unpaired) electrons. The molecule has 3 nitrogen and oxygen atoms in total. The van der Waals surface area contributed by atoms with Gasteiger partial charge in [-0.2, -0.15) is 0 Å². The van der Waals surface area contributed by atoms with Crippen LogP contribution in [0, 0.1) is 13.8 Å². The molecule has 2 aromatic carbocycles. The van der Waals surface area contributed by atoms with Crippen LogP contribution in [0.2, 0.25) is 0 Å². The quantitative estimate of drug-likeness (QED) is 0.776. The van der Waals surface area contributed by atoms with Crippen molar-refractivity contribution in [2.45, 2.75) is 20.3 Å². The summed E-state index contributed by atoms with van der Waals surface area (Å²) in [6, 6.07) is 10.8. The molecule has 112 valence electrons. The average molecular weight is 293 g/mol. The number of ether oxygens (including phenoxy) is 1. The molecule has 3 rings (SSSR count). The number of benzene rings is 2. The number of carbonyl (C=O) groups excluding carboxylic acids is 1. The highest BCUT2D eigenvalue weighted by Gasteiger charge is 2.16. The van der Waals surface area contributed by atoms with Gasteiger partial charge in [-0.05, 0) is 36.9 Å². The Morgan fingerprint density at radius 1 is 1.14 bits per heavy atom. The molecule has 0 amide bonds. The lowest BCUT2D eigenvalue weighted by Crippen LogP contribution is -2.16. The molecule has 0 saturated heterocycles. The van der Waals surface area contributed by atoms with E-state index in [1.807, 2.05) is 23.4 Å². The molecular formula is C19H19NO2. The third-order valence-corrected chi connectivity index (χ3v) is 3.86. The Kier molecular flexibility index (Phi) is 3.72. The highest BCUT2D eigenvalue weighted by atomic mass is 16.5. The maximum absolute atomic E-state index is 11.8. The summed E-state index contributed by atoms with van der Waals surface area (Å²) < 4.78 is 4.84. The van der Waals surface area contributed by atoms with Crippen LogP contribution < -0.4 is 4.90 Å². The zero-order valence-corrected chi connectivity index (χ0v) is 13.1. The van der Waals surface area contributed by atoms with Crippen LogP contribution >= 0.6 is 0 Å². The van der Waals surface area contributed by atoms with Gasteiger partial charge in [-0.3, -0.25) is 0 Å². The first kappa shape index (κ1) is 14.4. The van der Waals surface area contributed by atoms with Crippen molar-refractivity contribution in [3.63, 3.8) is 0 Å². The summed E-state index contributed by atoms with van der Waals surface area (Å²) in [4.78, 5) is 13.8. The zero-order valence-electron chi connectivity index (χ0n) is 13.1. The first-order valence-corrected chi connectivity index (χ1v) is 7.33. The number of anilines is 1. The van der Waals surface area contributed by atoms with Gasteiger partial charge >= 0.3 is 5.97 Å². The molecule has 0 fully saturated rings. The number of allylic oxidation sites excluding steroid dienone is 1. The van der Waals surface area contributed by atoms with Crippen molar-refractivity contribution in [1.82, 2.24) is 0 Å². The Morgan fingerprint density at radius 3 is 2.73 bits per heavy atom. The van der Waals surface area contributed by atoms with E-state index < -0.39 is 0 Å². The summed E-state index contributed by atoms with van der Waals surface area (Å²) in [6.45, 7) is 4.17. The van der Waals surface area contributed by atoms with Gasteiger partial charge in [0.05, 0.1) is 18.4 Å². The molecule has 22 heavy (non-hydrogen) atoms. The fourth-order valence-electron chi connectivity index (χ4n) is 2.79. The van der Waals surface area contributed by atoms with Crippen LogP contribution in [0.25, 0.3) is 10.8 Å². The van der Waals surface area contributed by atoms with Crippen LogP contribution in [0.15, 0.2) is 54.4 Å². The molecule has 0 bridgehead atoms. The van der Waals surface area contributed by atoms with E-state index in [-0.39, 0.29) is 5.97 Å². The third kappa shape index (κ3) is 2.62. The molecule has 2 aromatic rings. The second kappa shape index (κ2) is 5.68. The van der Waals surface area contributed by atoms with Crippen molar-refractivity contribution in [2.75, 3.05) is 12.0 Å². The molecule has 3 heteroatoms. The molecule has 1 aliphatic heterocycles. The van der Waals surface area contributed by atoms with Gasteiger partial charge in [0.2, 0.25) is 0 Å². The Hall–Kier alpha value is -2.55. The number of aryl methyl sites for hydroxylation is 2. The number of esters is 1. The topological polar surface area (TPSA) is 29.5 Å². The fraction of sp³-hybridized carbons (Fsp3) is 0.211. The molecule has 0 atom stereocenters. The standard InChI is InChI=1S/C19H19NO2/c1-13-6-7-15-9-14(2)11-18(17(15)10-13)20-8-4-5-16(12-20)19(21)22-3/h4,6-12H,5H2,1-3H3. The molecule has 0 N–H and O–H groups in total. The van der Waals surface area contributed by atoms with Gasteiger partial charge in [-0.25, -0.2) is 4.79 Å². The smallest absolute Gasteiger partial charge is 0.335 e. The van der Waals surface area contributed by atoms with E-state index >= 15 is 0 Å². The first-order valence-electron chi connectivity index (χ1n) is 7.33. The number of hydrogen-bond acceptors (Lipinski definition) is 3. The minimum atomic E-state index is -0.275. The minimum absolute atomic E-state index is 0.275. The van der Waals surface area contributed by atoms with E-state index in [4.69, 9.17) is 4.74 Å². The Bertz CT molecular complexity index is 802. The number of fused-ring (bicyclic) bond motifs is 1. The zero-order chi connectivity index (χ0) is 15.7. The summed E-state index contributed by atoms with van der Waals surface area (Å²) in [6.07, 6.45) is 6.45. The van der Waals surface area contributed by atoms with E-state index in [1.165, 1.54) is 29.0 Å². The summed E-state index contributed by atoms with van der Waals surface area (Å²) in [5.41, 5.74) is 4.15. The predicted octanol–water partition coefficient (Wildman–Crippen LogP) is 4.24. The molecule has 1 aliphatic rings. The number of carbonyl (C=O) groups is 1. The number of rotatable bonds is 2. The van der Waals surface area contributed by atoms with Gasteiger partial charge in [0.15, 0.2) is 0 Å². The van der Waals surface area contributed by atoms with E-state index in [1.54, 1.807) is 0 Å². The van der Waals surface area contributed by atoms with Crippen molar-refractivity contribution in [3.8, 4) is 0 Å². The second-order valence-electron chi connectivity index (χ2n) is 5.65. The van der Waals surface area contributed by atoms with Gasteiger partial charge in [0.1, 0.15) is 0 Å². The Labute approximate surface area is 130 Å². The van der Waals surface area contributed by atoms with Crippen LogP contribution in [-0.2, 0) is 9.53 Å². The van der Waals surface area contributed by atoms with Gasteiger partial charge in [0, 0.05) is 24.2 Å². The first-order chi connectivity index (χ1) is 10.6. The minimum Gasteiger partial charge on any atom is -0.466 e. The Morgan fingerprint density at radius 2 is 1.95 bits per heavy atom. The van der Waals surface area contributed by atoms with Gasteiger partial charge in [-0.1, -0.05) is 29.8 Å². The van der Waals surface area contributed by atoms with Gasteiger partial charge < -0.3 is 9.64 Å².